The van der Waals surface area contributed by atoms with Crippen LogP contribution in [0.4, 0.5) is 17.6 Å². The molecule has 1 aromatic carbocycles. The van der Waals surface area contributed by atoms with Crippen LogP contribution in [0.15, 0.2) is 18.2 Å². The molecular formula is C14H19F4N. The quantitative estimate of drug-likeness (QED) is 0.801. The number of aryl methyl sites for hydroxylation is 1. The Morgan fingerprint density at radius 3 is 2.32 bits per heavy atom. The van der Waals surface area contributed by atoms with Crippen LogP contribution in [0.2, 0.25) is 0 Å². The van der Waals surface area contributed by atoms with Gasteiger partial charge in [0.2, 0.25) is 0 Å². The molecule has 1 N–H and O–H groups in total. The van der Waals surface area contributed by atoms with E-state index in [1.807, 2.05) is 20.9 Å². The van der Waals surface area contributed by atoms with E-state index in [0.717, 1.165) is 18.6 Å². The zero-order valence-corrected chi connectivity index (χ0v) is 11.3. The number of nitrogens with one attached hydrogen (secondary N) is 1. The lowest BCUT2D eigenvalue weighted by Crippen LogP contribution is -2.31. The lowest BCUT2D eigenvalue weighted by molar-refractivity contribution is -0.140. The van der Waals surface area contributed by atoms with Crippen molar-refractivity contribution < 1.29 is 17.6 Å². The molecule has 0 amide bonds. The van der Waals surface area contributed by atoms with Gasteiger partial charge in [-0.25, -0.2) is 4.39 Å². The van der Waals surface area contributed by atoms with Crippen molar-refractivity contribution in [1.82, 2.24) is 5.32 Å². The summed E-state index contributed by atoms with van der Waals surface area (Å²) in [5.41, 5.74) is -0.676. The highest BCUT2D eigenvalue weighted by molar-refractivity contribution is 5.27. The van der Waals surface area contributed by atoms with Gasteiger partial charge in [0.1, 0.15) is 5.82 Å². The predicted molar refractivity (Wildman–Crippen MR) is 67.4 cm³/mol. The van der Waals surface area contributed by atoms with Gasteiger partial charge in [-0.15, -0.1) is 0 Å². The Bertz CT molecular complexity index is 412. The number of alkyl halides is 3. The van der Waals surface area contributed by atoms with Gasteiger partial charge in [-0.2, -0.15) is 13.2 Å². The standard InChI is InChI=1S/C14H19F4N/c1-9(2)13(19-3)7-5-10-4-6-12(15)11(8-10)14(16,17)18/h4,6,8-9,13,19H,5,7H2,1-3H3. The molecule has 1 aromatic rings. The maximum Gasteiger partial charge on any atom is 0.419 e. The number of halogens is 4. The Balaban J connectivity index is 2.81. The maximum absolute atomic E-state index is 13.1. The third-order valence-corrected chi connectivity index (χ3v) is 3.26. The Morgan fingerprint density at radius 2 is 1.84 bits per heavy atom. The molecule has 0 bridgehead atoms. The summed E-state index contributed by atoms with van der Waals surface area (Å²) < 4.78 is 50.8. The molecule has 108 valence electrons. The van der Waals surface area contributed by atoms with E-state index in [0.29, 0.717) is 17.9 Å². The van der Waals surface area contributed by atoms with Crippen LogP contribution in [0.3, 0.4) is 0 Å². The van der Waals surface area contributed by atoms with Gasteiger partial charge < -0.3 is 5.32 Å². The van der Waals surface area contributed by atoms with E-state index in [2.05, 4.69) is 5.32 Å². The van der Waals surface area contributed by atoms with Crippen molar-refractivity contribution in [3.05, 3.63) is 35.1 Å². The van der Waals surface area contributed by atoms with Crippen LogP contribution < -0.4 is 5.32 Å². The Labute approximate surface area is 111 Å². The molecule has 1 unspecified atom stereocenters. The largest absolute Gasteiger partial charge is 0.419 e. The first-order valence-corrected chi connectivity index (χ1v) is 6.28. The Hall–Kier alpha value is -1.10. The third kappa shape index (κ3) is 4.49. The normalized spacial score (nSPS) is 13.9. The van der Waals surface area contributed by atoms with Crippen LogP contribution in [0, 0.1) is 11.7 Å². The van der Waals surface area contributed by atoms with Gasteiger partial charge in [0.15, 0.2) is 0 Å². The number of hydrogen-bond donors (Lipinski definition) is 1. The fourth-order valence-corrected chi connectivity index (χ4v) is 2.08. The minimum atomic E-state index is -4.64. The molecule has 1 atom stereocenters. The first-order valence-electron chi connectivity index (χ1n) is 6.28. The lowest BCUT2D eigenvalue weighted by atomic mass is 9.96. The van der Waals surface area contributed by atoms with Gasteiger partial charge in [-0.1, -0.05) is 19.9 Å². The fraction of sp³-hybridized carbons (Fsp3) is 0.571. The molecule has 0 aliphatic carbocycles. The first kappa shape index (κ1) is 16.0. The van der Waals surface area contributed by atoms with Crippen LogP contribution in [0.25, 0.3) is 0 Å². The minimum absolute atomic E-state index is 0.236. The van der Waals surface area contributed by atoms with Crippen LogP contribution in [-0.2, 0) is 12.6 Å². The second-order valence-corrected chi connectivity index (χ2v) is 4.99. The van der Waals surface area contributed by atoms with Gasteiger partial charge in [0, 0.05) is 6.04 Å². The summed E-state index contributed by atoms with van der Waals surface area (Å²) in [5, 5.41) is 3.13. The lowest BCUT2D eigenvalue weighted by Gasteiger charge is -2.20. The van der Waals surface area contributed by atoms with E-state index < -0.39 is 17.6 Å². The molecule has 0 aliphatic heterocycles. The zero-order valence-electron chi connectivity index (χ0n) is 11.3. The monoisotopic (exact) mass is 277 g/mol. The van der Waals surface area contributed by atoms with E-state index >= 15 is 0 Å². The van der Waals surface area contributed by atoms with Crippen molar-refractivity contribution in [2.75, 3.05) is 7.05 Å². The van der Waals surface area contributed by atoms with E-state index in [1.165, 1.54) is 6.07 Å². The van der Waals surface area contributed by atoms with E-state index in [1.54, 1.807) is 0 Å². The average Bonchev–Trinajstić information content (AvgIpc) is 2.30. The molecule has 0 heterocycles. The van der Waals surface area contributed by atoms with Gasteiger partial charge in [0.25, 0.3) is 0 Å². The van der Waals surface area contributed by atoms with Crippen molar-refractivity contribution in [1.29, 1.82) is 0 Å². The van der Waals surface area contributed by atoms with Gasteiger partial charge in [0.05, 0.1) is 5.56 Å². The topological polar surface area (TPSA) is 12.0 Å². The highest BCUT2D eigenvalue weighted by Crippen LogP contribution is 2.32. The molecule has 1 nitrogen and oxygen atoms in total. The van der Waals surface area contributed by atoms with Gasteiger partial charge >= 0.3 is 6.18 Å². The molecule has 0 spiro atoms. The van der Waals surface area contributed by atoms with Crippen LogP contribution in [-0.4, -0.2) is 13.1 Å². The molecule has 0 aromatic heterocycles. The second-order valence-electron chi connectivity index (χ2n) is 4.99. The van der Waals surface area contributed by atoms with Crippen molar-refractivity contribution >= 4 is 0 Å². The minimum Gasteiger partial charge on any atom is -0.317 e. The van der Waals surface area contributed by atoms with Crippen LogP contribution in [0.1, 0.15) is 31.4 Å². The molecule has 5 heteroatoms. The molecule has 19 heavy (non-hydrogen) atoms. The summed E-state index contributed by atoms with van der Waals surface area (Å²) in [6.45, 7) is 4.10. The molecule has 0 aliphatic rings. The SMILES string of the molecule is CNC(CCc1ccc(F)c(C(F)(F)F)c1)C(C)C. The van der Waals surface area contributed by atoms with E-state index in [4.69, 9.17) is 0 Å². The molecule has 0 fully saturated rings. The highest BCUT2D eigenvalue weighted by atomic mass is 19.4. The summed E-state index contributed by atoms with van der Waals surface area (Å²) in [7, 11) is 1.83. The van der Waals surface area contributed by atoms with Crippen molar-refractivity contribution in [3.8, 4) is 0 Å². The van der Waals surface area contributed by atoms with Crippen molar-refractivity contribution in [2.45, 2.75) is 38.9 Å². The third-order valence-electron chi connectivity index (χ3n) is 3.26. The van der Waals surface area contributed by atoms with Gasteiger partial charge in [-0.3, -0.25) is 0 Å². The average molecular weight is 277 g/mol. The molecular weight excluding hydrogens is 258 g/mol. The fourth-order valence-electron chi connectivity index (χ4n) is 2.08. The predicted octanol–water partition coefficient (Wildman–Crippen LogP) is 4.02. The summed E-state index contributed by atoms with van der Waals surface area (Å²) >= 11 is 0. The molecule has 0 radical (unpaired) electrons. The molecule has 1 rings (SSSR count). The number of rotatable bonds is 5. The second kappa shape index (κ2) is 6.37. The van der Waals surface area contributed by atoms with E-state index in [-0.39, 0.29) is 6.04 Å². The highest BCUT2D eigenvalue weighted by Gasteiger charge is 2.34. The Morgan fingerprint density at radius 1 is 1.21 bits per heavy atom. The maximum atomic E-state index is 13.1. The van der Waals surface area contributed by atoms with Crippen LogP contribution >= 0.6 is 0 Å². The number of hydrogen-bond acceptors (Lipinski definition) is 1. The summed E-state index contributed by atoms with van der Waals surface area (Å²) in [5.74, 6) is -0.821. The molecule has 0 saturated carbocycles. The Kier molecular flexibility index (Phi) is 5.35. The van der Waals surface area contributed by atoms with E-state index in [9.17, 15) is 17.6 Å². The summed E-state index contributed by atoms with van der Waals surface area (Å²) in [4.78, 5) is 0. The first-order chi connectivity index (χ1) is 8.75. The summed E-state index contributed by atoms with van der Waals surface area (Å²) in [6.07, 6.45) is -3.43. The smallest absolute Gasteiger partial charge is 0.317 e. The van der Waals surface area contributed by atoms with Gasteiger partial charge in [-0.05, 0) is 43.5 Å². The molecule has 0 saturated heterocycles. The zero-order chi connectivity index (χ0) is 14.6. The van der Waals surface area contributed by atoms with Crippen molar-refractivity contribution in [2.24, 2.45) is 5.92 Å². The van der Waals surface area contributed by atoms with Crippen LogP contribution in [0.5, 0.6) is 0 Å². The van der Waals surface area contributed by atoms with Crippen molar-refractivity contribution in [3.63, 3.8) is 0 Å². The number of benzene rings is 1. The summed E-state index contributed by atoms with van der Waals surface area (Å²) in [6, 6.07) is 3.45.